The fourth-order valence-corrected chi connectivity index (χ4v) is 10.5. The normalized spacial score (nSPS) is 11.1. The van der Waals surface area contributed by atoms with Gasteiger partial charge in [0.05, 0.1) is 0 Å². The summed E-state index contributed by atoms with van der Waals surface area (Å²) in [4.78, 5) is 14.8. The van der Waals surface area contributed by atoms with Gasteiger partial charge in [-0.3, -0.25) is 0 Å². The van der Waals surface area contributed by atoms with E-state index < -0.39 is 36.8 Å². The van der Waals surface area contributed by atoms with Crippen LogP contribution >= 0.6 is 28.3 Å². The molecular formula is C32H40Br2Sn2. The van der Waals surface area contributed by atoms with Crippen LogP contribution in [0.2, 0.25) is 29.6 Å². The van der Waals surface area contributed by atoms with E-state index in [4.69, 9.17) is 0 Å². The van der Waals surface area contributed by atoms with Crippen LogP contribution in [0, 0.1) is 13.8 Å². The van der Waals surface area contributed by atoms with Crippen molar-refractivity contribution in [2.45, 2.75) is 43.5 Å². The Morgan fingerprint density at radius 1 is 0.361 bits per heavy atom. The van der Waals surface area contributed by atoms with Gasteiger partial charge in [0, 0.05) is 28.3 Å². The van der Waals surface area contributed by atoms with E-state index in [-0.39, 0.29) is 0 Å². The molecule has 4 aromatic carbocycles. The first-order chi connectivity index (χ1) is 16.9. The van der Waals surface area contributed by atoms with Gasteiger partial charge in [-0.1, -0.05) is 59.7 Å². The topological polar surface area (TPSA) is 0 Å². The van der Waals surface area contributed by atoms with E-state index in [2.05, 4.69) is 169 Å². The summed E-state index contributed by atoms with van der Waals surface area (Å²) in [6.45, 7) is 4.22. The van der Waals surface area contributed by atoms with Crippen LogP contribution in [-0.4, -0.2) is 36.8 Å². The zero-order valence-corrected chi connectivity index (χ0v) is 31.9. The van der Waals surface area contributed by atoms with Gasteiger partial charge >= 0.3 is 133 Å². The van der Waals surface area contributed by atoms with Crippen LogP contribution in [0.15, 0.2) is 97.1 Å². The van der Waals surface area contributed by atoms with Crippen LogP contribution in [0.5, 0.6) is 0 Å². The first-order valence-corrected chi connectivity index (χ1v) is 36.1. The first-order valence-electron chi connectivity index (χ1n) is 12.4. The van der Waals surface area contributed by atoms with E-state index in [0.717, 1.165) is 0 Å². The quantitative estimate of drug-likeness (QED) is 0.180. The molecule has 190 valence electrons. The Hall–Kier alpha value is -0.563. The summed E-state index contributed by atoms with van der Waals surface area (Å²) in [5.74, 6) is 0. The SMILES string of the molecule is BrBr.Cc1ccc(-c2ccc(C)cc2)cc1.[CH3][Sn]([CH3])([CH3])[c]1ccc(-c2cc[c]([Sn]([CH3])([CH3])[CH3])cc2)cc1. The second-order valence-electron chi connectivity index (χ2n) is 11.4. The summed E-state index contributed by atoms with van der Waals surface area (Å²) in [5, 5.41) is 0. The molecular weight excluding hydrogens is 782 g/mol. The Morgan fingerprint density at radius 2 is 0.556 bits per heavy atom. The predicted octanol–water partition coefficient (Wildman–Crippen LogP) is 10.1. The summed E-state index contributed by atoms with van der Waals surface area (Å²) in [6.07, 6.45) is 0. The van der Waals surface area contributed by atoms with Crippen LogP contribution < -0.4 is 7.16 Å². The molecule has 0 saturated carbocycles. The van der Waals surface area contributed by atoms with Gasteiger partial charge in [-0.25, -0.2) is 0 Å². The van der Waals surface area contributed by atoms with E-state index in [1.807, 2.05) is 0 Å². The zero-order chi connectivity index (χ0) is 26.9. The average Bonchev–Trinajstić information content (AvgIpc) is 2.86. The molecule has 0 aliphatic heterocycles. The number of hydrogen-bond donors (Lipinski definition) is 0. The van der Waals surface area contributed by atoms with E-state index >= 15 is 0 Å². The van der Waals surface area contributed by atoms with Crippen molar-refractivity contribution in [2.24, 2.45) is 0 Å². The van der Waals surface area contributed by atoms with Gasteiger partial charge in [0.15, 0.2) is 0 Å². The Labute approximate surface area is 243 Å². The first kappa shape index (κ1) is 31.7. The fourth-order valence-electron chi connectivity index (χ4n) is 3.82. The van der Waals surface area contributed by atoms with Gasteiger partial charge < -0.3 is 0 Å². The Bertz CT molecular complexity index is 1080. The molecule has 0 atom stereocenters. The van der Waals surface area contributed by atoms with Crippen LogP contribution in [0.25, 0.3) is 22.3 Å². The van der Waals surface area contributed by atoms with Crippen molar-refractivity contribution in [3.63, 3.8) is 0 Å². The number of aryl methyl sites for hydroxylation is 2. The summed E-state index contributed by atoms with van der Waals surface area (Å²) in [6, 6.07) is 35.9. The molecule has 0 heterocycles. The summed E-state index contributed by atoms with van der Waals surface area (Å²) >= 11 is 1.69. The second kappa shape index (κ2) is 14.6. The van der Waals surface area contributed by atoms with E-state index in [0.29, 0.717) is 0 Å². The molecule has 0 aromatic heterocycles. The van der Waals surface area contributed by atoms with E-state index in [1.54, 1.807) is 7.16 Å². The van der Waals surface area contributed by atoms with Crippen LogP contribution in [0.4, 0.5) is 0 Å². The Balaban J connectivity index is 0.000000250. The van der Waals surface area contributed by atoms with Crippen molar-refractivity contribution in [2.75, 3.05) is 0 Å². The van der Waals surface area contributed by atoms with Crippen molar-refractivity contribution in [3.05, 3.63) is 108 Å². The molecule has 36 heavy (non-hydrogen) atoms. The van der Waals surface area contributed by atoms with Crippen molar-refractivity contribution in [1.82, 2.24) is 0 Å². The molecule has 0 radical (unpaired) electrons. The third kappa shape index (κ3) is 9.96. The molecule has 0 bridgehead atoms. The molecule has 0 aliphatic carbocycles. The third-order valence-corrected chi connectivity index (χ3v) is 18.1. The number of rotatable bonds is 4. The summed E-state index contributed by atoms with van der Waals surface area (Å²) < 4.78 is 3.20. The van der Waals surface area contributed by atoms with E-state index in [1.165, 1.54) is 33.4 Å². The van der Waals surface area contributed by atoms with Gasteiger partial charge in [0.25, 0.3) is 0 Å². The molecule has 0 N–H and O–H groups in total. The molecule has 0 fully saturated rings. The molecule has 0 amide bonds. The molecule has 4 rings (SSSR count). The average molecular weight is 822 g/mol. The molecule has 4 heteroatoms. The second-order valence-corrected chi connectivity index (χ2v) is 40.4. The standard InChI is InChI=1S/C14H14.C12H8.6CH3.Br2.2Sn/c1-11-3-7-13(8-4-11)14-9-5-12(2)6-10-14;1-3-7-11(8-4-1)12-9-5-2-6-10-12;;;;;;;1-2;;/h3-10H,1-2H3;3-10H;6*1H3;;;. The minimum atomic E-state index is -1.90. The summed E-state index contributed by atoms with van der Waals surface area (Å²) in [5.41, 5.74) is 7.88. The maximum atomic E-state index is 2.75. The van der Waals surface area contributed by atoms with E-state index in [9.17, 15) is 0 Å². The third-order valence-electron chi connectivity index (χ3n) is 6.27. The van der Waals surface area contributed by atoms with Gasteiger partial charge in [-0.15, -0.1) is 0 Å². The Morgan fingerprint density at radius 3 is 0.750 bits per heavy atom. The molecule has 0 unspecified atom stereocenters. The summed E-state index contributed by atoms with van der Waals surface area (Å²) in [7, 11) is 0. The monoisotopic (exact) mass is 822 g/mol. The zero-order valence-electron chi connectivity index (χ0n) is 23.0. The predicted molar refractivity (Wildman–Crippen MR) is 177 cm³/mol. The van der Waals surface area contributed by atoms with Gasteiger partial charge in [0.1, 0.15) is 0 Å². The molecule has 0 saturated heterocycles. The number of hydrogen-bond acceptors (Lipinski definition) is 0. The molecule has 0 aliphatic rings. The molecule has 0 spiro atoms. The van der Waals surface area contributed by atoms with Gasteiger partial charge in [0.2, 0.25) is 0 Å². The van der Waals surface area contributed by atoms with Crippen LogP contribution in [0.1, 0.15) is 11.1 Å². The maximum absolute atomic E-state index is 2.75. The van der Waals surface area contributed by atoms with Gasteiger partial charge in [-0.05, 0) is 25.0 Å². The van der Waals surface area contributed by atoms with Crippen LogP contribution in [0.3, 0.4) is 0 Å². The Kier molecular flexibility index (Phi) is 12.8. The fraction of sp³-hybridized carbons (Fsp3) is 0.250. The van der Waals surface area contributed by atoms with Crippen molar-refractivity contribution >= 4 is 72.2 Å². The van der Waals surface area contributed by atoms with Crippen molar-refractivity contribution in [3.8, 4) is 22.3 Å². The van der Waals surface area contributed by atoms with Gasteiger partial charge in [-0.2, -0.15) is 0 Å². The van der Waals surface area contributed by atoms with Crippen molar-refractivity contribution in [1.29, 1.82) is 0 Å². The van der Waals surface area contributed by atoms with Crippen LogP contribution in [-0.2, 0) is 0 Å². The van der Waals surface area contributed by atoms with Crippen molar-refractivity contribution < 1.29 is 0 Å². The molecule has 0 nitrogen and oxygen atoms in total. The number of halogens is 2. The molecule has 4 aromatic rings. The minimum absolute atomic E-state index is 1.29. The number of benzene rings is 4.